The topological polar surface area (TPSA) is 67.5 Å². The summed E-state index contributed by atoms with van der Waals surface area (Å²) >= 11 is 0. The van der Waals surface area contributed by atoms with Gasteiger partial charge in [0.25, 0.3) is 5.91 Å². The van der Waals surface area contributed by atoms with Crippen molar-refractivity contribution in [3.63, 3.8) is 0 Å². The van der Waals surface area contributed by atoms with E-state index in [2.05, 4.69) is 10.5 Å². The van der Waals surface area contributed by atoms with Gasteiger partial charge in [-0.25, -0.2) is 9.82 Å². The molecule has 2 aromatic rings. The predicted octanol–water partition coefficient (Wildman–Crippen LogP) is 2.56. The first-order valence-corrected chi connectivity index (χ1v) is 6.03. The fourth-order valence-corrected chi connectivity index (χ4v) is 1.63. The molecule has 20 heavy (non-hydrogen) atoms. The molecule has 0 aromatic heterocycles. The Bertz CT molecular complexity index is 650. The number of benzene rings is 2. The summed E-state index contributed by atoms with van der Waals surface area (Å²) in [6, 6.07) is 12.8. The van der Waals surface area contributed by atoms with E-state index < -0.39 is 11.7 Å². The van der Waals surface area contributed by atoms with E-state index >= 15 is 0 Å². The molecule has 0 spiro atoms. The number of anilines is 1. The maximum atomic E-state index is 13.4. The molecule has 0 unspecified atom stereocenters. The SMILES string of the molecule is C/C(=N/NC(=O)c1ccccc1F)c1ccc(N)cc1. The van der Waals surface area contributed by atoms with E-state index in [9.17, 15) is 9.18 Å². The molecule has 102 valence electrons. The summed E-state index contributed by atoms with van der Waals surface area (Å²) in [7, 11) is 0. The molecular formula is C15H14FN3O. The normalized spacial score (nSPS) is 11.2. The van der Waals surface area contributed by atoms with Gasteiger partial charge in [0.1, 0.15) is 5.82 Å². The third kappa shape index (κ3) is 3.20. The number of nitrogens with two attached hydrogens (primary N) is 1. The van der Waals surface area contributed by atoms with Gasteiger partial charge in [-0.1, -0.05) is 24.3 Å². The molecule has 0 atom stereocenters. The second-order valence-corrected chi connectivity index (χ2v) is 4.24. The van der Waals surface area contributed by atoms with Crippen LogP contribution in [0.2, 0.25) is 0 Å². The summed E-state index contributed by atoms with van der Waals surface area (Å²) in [5.41, 5.74) is 9.96. The van der Waals surface area contributed by atoms with Crippen LogP contribution in [0.25, 0.3) is 0 Å². The third-order valence-corrected chi connectivity index (χ3v) is 2.77. The van der Waals surface area contributed by atoms with Gasteiger partial charge < -0.3 is 5.73 Å². The molecule has 0 bridgehead atoms. The molecule has 2 aromatic carbocycles. The number of hydrogen-bond acceptors (Lipinski definition) is 3. The summed E-state index contributed by atoms with van der Waals surface area (Å²) in [5.74, 6) is -1.16. The number of nitrogens with zero attached hydrogens (tertiary/aromatic N) is 1. The van der Waals surface area contributed by atoms with Gasteiger partial charge in [-0.05, 0) is 36.8 Å². The first-order valence-electron chi connectivity index (χ1n) is 6.03. The molecule has 0 saturated heterocycles. The van der Waals surface area contributed by atoms with Crippen LogP contribution in [-0.4, -0.2) is 11.6 Å². The van der Waals surface area contributed by atoms with E-state index in [1.807, 2.05) is 0 Å². The number of carbonyl (C=O) groups excluding carboxylic acids is 1. The van der Waals surface area contributed by atoms with Crippen molar-refractivity contribution >= 4 is 17.3 Å². The van der Waals surface area contributed by atoms with Crippen molar-refractivity contribution < 1.29 is 9.18 Å². The zero-order valence-corrected chi connectivity index (χ0v) is 10.9. The van der Waals surface area contributed by atoms with Crippen LogP contribution in [0.1, 0.15) is 22.8 Å². The highest BCUT2D eigenvalue weighted by Gasteiger charge is 2.09. The van der Waals surface area contributed by atoms with Crippen LogP contribution in [0.3, 0.4) is 0 Å². The molecule has 0 fully saturated rings. The maximum Gasteiger partial charge on any atom is 0.274 e. The van der Waals surface area contributed by atoms with E-state index in [1.165, 1.54) is 18.2 Å². The molecule has 5 heteroatoms. The van der Waals surface area contributed by atoms with Crippen LogP contribution in [0.15, 0.2) is 53.6 Å². The average Bonchev–Trinajstić information content (AvgIpc) is 2.45. The van der Waals surface area contributed by atoms with E-state index in [1.54, 1.807) is 37.3 Å². The van der Waals surface area contributed by atoms with Crippen LogP contribution >= 0.6 is 0 Å². The minimum absolute atomic E-state index is 0.0404. The first-order chi connectivity index (χ1) is 9.58. The van der Waals surface area contributed by atoms with E-state index in [-0.39, 0.29) is 5.56 Å². The highest BCUT2D eigenvalue weighted by Crippen LogP contribution is 2.08. The Hall–Kier alpha value is -2.69. The van der Waals surface area contributed by atoms with Crippen molar-refractivity contribution in [2.75, 3.05) is 5.73 Å². The zero-order chi connectivity index (χ0) is 14.5. The Kier molecular flexibility index (Phi) is 4.10. The Morgan fingerprint density at radius 2 is 1.80 bits per heavy atom. The van der Waals surface area contributed by atoms with Crippen molar-refractivity contribution in [3.8, 4) is 0 Å². The van der Waals surface area contributed by atoms with Gasteiger partial charge in [0.05, 0.1) is 11.3 Å². The van der Waals surface area contributed by atoms with Crippen molar-refractivity contribution in [1.29, 1.82) is 0 Å². The Morgan fingerprint density at radius 3 is 2.45 bits per heavy atom. The fourth-order valence-electron chi connectivity index (χ4n) is 1.63. The summed E-state index contributed by atoms with van der Waals surface area (Å²) in [4.78, 5) is 11.8. The molecule has 0 radical (unpaired) electrons. The number of nitrogen functional groups attached to an aromatic ring is 1. The minimum Gasteiger partial charge on any atom is -0.399 e. The van der Waals surface area contributed by atoms with Gasteiger partial charge in [-0.2, -0.15) is 5.10 Å². The monoisotopic (exact) mass is 271 g/mol. The maximum absolute atomic E-state index is 13.4. The molecule has 1 amide bonds. The number of rotatable bonds is 3. The summed E-state index contributed by atoms with van der Waals surface area (Å²) in [6.45, 7) is 1.74. The molecule has 4 nitrogen and oxygen atoms in total. The van der Waals surface area contributed by atoms with Gasteiger partial charge >= 0.3 is 0 Å². The molecular weight excluding hydrogens is 257 g/mol. The average molecular weight is 271 g/mol. The van der Waals surface area contributed by atoms with Crippen molar-refractivity contribution in [3.05, 3.63) is 65.5 Å². The van der Waals surface area contributed by atoms with Gasteiger partial charge in [0.2, 0.25) is 0 Å². The number of amides is 1. The first kappa shape index (κ1) is 13.7. The second-order valence-electron chi connectivity index (χ2n) is 4.24. The zero-order valence-electron chi connectivity index (χ0n) is 10.9. The fraction of sp³-hybridized carbons (Fsp3) is 0.0667. The Labute approximate surface area is 116 Å². The molecule has 0 aliphatic rings. The lowest BCUT2D eigenvalue weighted by Crippen LogP contribution is -2.20. The summed E-state index contributed by atoms with van der Waals surface area (Å²) in [6.07, 6.45) is 0. The molecule has 0 aliphatic heterocycles. The highest BCUT2D eigenvalue weighted by molar-refractivity contribution is 6.01. The summed E-state index contributed by atoms with van der Waals surface area (Å²) < 4.78 is 13.4. The minimum atomic E-state index is -0.585. The lowest BCUT2D eigenvalue weighted by Gasteiger charge is -2.04. The second kappa shape index (κ2) is 5.97. The Balaban J connectivity index is 2.11. The molecule has 0 saturated carbocycles. The van der Waals surface area contributed by atoms with Crippen molar-refractivity contribution in [2.24, 2.45) is 5.10 Å². The van der Waals surface area contributed by atoms with Crippen molar-refractivity contribution in [2.45, 2.75) is 6.92 Å². The highest BCUT2D eigenvalue weighted by atomic mass is 19.1. The van der Waals surface area contributed by atoms with E-state index in [0.717, 1.165) is 5.56 Å². The molecule has 0 heterocycles. The smallest absolute Gasteiger partial charge is 0.274 e. The van der Waals surface area contributed by atoms with Gasteiger partial charge in [-0.3, -0.25) is 4.79 Å². The van der Waals surface area contributed by atoms with Gasteiger partial charge in [-0.15, -0.1) is 0 Å². The van der Waals surface area contributed by atoms with E-state index in [0.29, 0.717) is 11.4 Å². The number of nitrogens with one attached hydrogen (secondary N) is 1. The van der Waals surface area contributed by atoms with Crippen molar-refractivity contribution in [1.82, 2.24) is 5.43 Å². The standard InChI is InChI=1S/C15H14FN3O/c1-10(11-6-8-12(17)9-7-11)18-19-15(20)13-4-2-3-5-14(13)16/h2-9H,17H2,1H3,(H,19,20)/b18-10-. The number of carbonyl (C=O) groups is 1. The number of halogens is 1. The molecule has 0 aliphatic carbocycles. The van der Waals surface area contributed by atoms with Crippen LogP contribution in [-0.2, 0) is 0 Å². The molecule has 2 rings (SSSR count). The van der Waals surface area contributed by atoms with Crippen LogP contribution < -0.4 is 11.2 Å². The van der Waals surface area contributed by atoms with Crippen LogP contribution in [0.5, 0.6) is 0 Å². The van der Waals surface area contributed by atoms with Crippen LogP contribution in [0.4, 0.5) is 10.1 Å². The van der Waals surface area contributed by atoms with Gasteiger partial charge in [0.15, 0.2) is 0 Å². The Morgan fingerprint density at radius 1 is 1.15 bits per heavy atom. The van der Waals surface area contributed by atoms with E-state index in [4.69, 9.17) is 5.73 Å². The molecule has 3 N–H and O–H groups in total. The van der Waals surface area contributed by atoms with Gasteiger partial charge in [0, 0.05) is 5.69 Å². The lowest BCUT2D eigenvalue weighted by atomic mass is 10.1. The predicted molar refractivity (Wildman–Crippen MR) is 76.9 cm³/mol. The third-order valence-electron chi connectivity index (χ3n) is 2.77. The number of hydrazone groups is 1. The summed E-state index contributed by atoms with van der Waals surface area (Å²) in [5, 5.41) is 3.95. The number of hydrogen-bond donors (Lipinski definition) is 2. The lowest BCUT2D eigenvalue weighted by molar-refractivity contribution is 0.0951. The van der Waals surface area contributed by atoms with Crippen LogP contribution in [0, 0.1) is 5.82 Å². The largest absolute Gasteiger partial charge is 0.399 e. The quantitative estimate of drug-likeness (QED) is 0.512.